The van der Waals surface area contributed by atoms with Crippen molar-refractivity contribution in [2.24, 2.45) is 5.92 Å². The Morgan fingerprint density at radius 2 is 2.10 bits per heavy atom. The summed E-state index contributed by atoms with van der Waals surface area (Å²) in [5.41, 5.74) is 2.07. The average molecular weight is 289 g/mol. The van der Waals surface area contributed by atoms with Gasteiger partial charge in [0, 0.05) is 13.1 Å². The molecule has 1 heterocycles. The number of fused-ring (bicyclic) bond motifs is 1. The second-order valence-corrected chi connectivity index (χ2v) is 5.79. The zero-order chi connectivity index (χ0) is 15.1. The van der Waals surface area contributed by atoms with Crippen molar-refractivity contribution in [2.75, 3.05) is 23.7 Å². The standard InChI is InChI=1S/C17H27N3O/c1-3-5-8-13(4-2)11-19-17(21)16-12-18-14-9-6-7-10-15(14)20-16/h6-7,9-10,13,16,18,20H,3-5,8,11-12H2,1-2H3,(H,19,21). The topological polar surface area (TPSA) is 53.2 Å². The summed E-state index contributed by atoms with van der Waals surface area (Å²) in [6.07, 6.45) is 4.78. The first kappa shape index (κ1) is 15.7. The van der Waals surface area contributed by atoms with Crippen LogP contribution in [0.25, 0.3) is 0 Å². The molecule has 0 aromatic heterocycles. The van der Waals surface area contributed by atoms with Crippen LogP contribution >= 0.6 is 0 Å². The van der Waals surface area contributed by atoms with E-state index in [1.165, 1.54) is 19.3 Å². The molecule has 0 bridgehead atoms. The van der Waals surface area contributed by atoms with Crippen molar-refractivity contribution < 1.29 is 4.79 Å². The number of carbonyl (C=O) groups excluding carboxylic acids is 1. The van der Waals surface area contributed by atoms with E-state index in [4.69, 9.17) is 0 Å². The fraction of sp³-hybridized carbons (Fsp3) is 0.588. The highest BCUT2D eigenvalue weighted by molar-refractivity contribution is 5.88. The van der Waals surface area contributed by atoms with E-state index in [2.05, 4.69) is 29.8 Å². The Bertz CT molecular complexity index is 461. The van der Waals surface area contributed by atoms with Gasteiger partial charge in [-0.1, -0.05) is 45.2 Å². The van der Waals surface area contributed by atoms with Gasteiger partial charge < -0.3 is 16.0 Å². The molecule has 21 heavy (non-hydrogen) atoms. The molecule has 1 aliphatic rings. The first-order valence-corrected chi connectivity index (χ1v) is 8.11. The molecule has 0 saturated carbocycles. The summed E-state index contributed by atoms with van der Waals surface area (Å²) in [6.45, 7) is 5.83. The molecule has 3 N–H and O–H groups in total. The van der Waals surface area contributed by atoms with Gasteiger partial charge in [-0.15, -0.1) is 0 Å². The van der Waals surface area contributed by atoms with Crippen molar-refractivity contribution in [2.45, 2.75) is 45.6 Å². The number of benzene rings is 1. The first-order valence-electron chi connectivity index (χ1n) is 8.11. The molecule has 0 aliphatic carbocycles. The molecule has 1 amide bonds. The highest BCUT2D eigenvalue weighted by Gasteiger charge is 2.23. The minimum absolute atomic E-state index is 0.0898. The van der Waals surface area contributed by atoms with Crippen LogP contribution in [-0.2, 0) is 4.79 Å². The molecule has 1 aromatic carbocycles. The van der Waals surface area contributed by atoms with E-state index in [9.17, 15) is 4.79 Å². The number of rotatable bonds is 7. The van der Waals surface area contributed by atoms with E-state index in [-0.39, 0.29) is 11.9 Å². The summed E-state index contributed by atoms with van der Waals surface area (Å²) >= 11 is 0. The lowest BCUT2D eigenvalue weighted by atomic mass is 9.99. The Kier molecular flexibility index (Phi) is 5.90. The normalized spacial score (nSPS) is 18.1. The highest BCUT2D eigenvalue weighted by Crippen LogP contribution is 2.25. The monoisotopic (exact) mass is 289 g/mol. The molecule has 1 aliphatic heterocycles. The molecular weight excluding hydrogens is 262 g/mol. The van der Waals surface area contributed by atoms with E-state index in [0.717, 1.165) is 24.3 Å². The van der Waals surface area contributed by atoms with Crippen LogP contribution in [0.4, 0.5) is 11.4 Å². The quantitative estimate of drug-likeness (QED) is 0.722. The molecule has 116 valence electrons. The molecule has 2 unspecified atom stereocenters. The lowest BCUT2D eigenvalue weighted by molar-refractivity contribution is -0.121. The van der Waals surface area contributed by atoms with Gasteiger partial charge in [-0.3, -0.25) is 4.79 Å². The van der Waals surface area contributed by atoms with Crippen LogP contribution in [-0.4, -0.2) is 25.0 Å². The van der Waals surface area contributed by atoms with Crippen LogP contribution in [0.2, 0.25) is 0 Å². The van der Waals surface area contributed by atoms with E-state index < -0.39 is 0 Å². The molecule has 2 rings (SSSR count). The van der Waals surface area contributed by atoms with Crippen LogP contribution in [0.5, 0.6) is 0 Å². The average Bonchev–Trinajstić information content (AvgIpc) is 2.54. The lowest BCUT2D eigenvalue weighted by Gasteiger charge is -2.28. The van der Waals surface area contributed by atoms with Crippen molar-refractivity contribution in [1.29, 1.82) is 0 Å². The van der Waals surface area contributed by atoms with Crippen LogP contribution in [0, 0.1) is 5.92 Å². The highest BCUT2D eigenvalue weighted by atomic mass is 16.2. The zero-order valence-corrected chi connectivity index (χ0v) is 13.1. The SMILES string of the molecule is CCCCC(CC)CNC(=O)C1CNc2ccccc2N1. The molecule has 0 saturated heterocycles. The van der Waals surface area contributed by atoms with Crippen molar-refractivity contribution in [3.05, 3.63) is 24.3 Å². The van der Waals surface area contributed by atoms with Gasteiger partial charge in [-0.05, 0) is 24.5 Å². The Balaban J connectivity index is 1.82. The van der Waals surface area contributed by atoms with Crippen molar-refractivity contribution in [3.8, 4) is 0 Å². The fourth-order valence-corrected chi connectivity index (χ4v) is 2.68. The minimum Gasteiger partial charge on any atom is -0.381 e. The van der Waals surface area contributed by atoms with Crippen LogP contribution in [0.1, 0.15) is 39.5 Å². The number of carbonyl (C=O) groups is 1. The van der Waals surface area contributed by atoms with Crippen molar-refractivity contribution in [1.82, 2.24) is 5.32 Å². The number of para-hydroxylation sites is 2. The van der Waals surface area contributed by atoms with Gasteiger partial charge in [0.2, 0.25) is 5.91 Å². The third-order valence-corrected chi connectivity index (χ3v) is 4.18. The molecule has 0 spiro atoms. The summed E-state index contributed by atoms with van der Waals surface area (Å²) in [4.78, 5) is 12.3. The maximum absolute atomic E-state index is 12.3. The second kappa shape index (κ2) is 7.91. The number of anilines is 2. The minimum atomic E-state index is -0.191. The third kappa shape index (κ3) is 4.38. The molecule has 0 radical (unpaired) electrons. The molecule has 0 fully saturated rings. The number of amides is 1. The summed E-state index contributed by atoms with van der Waals surface area (Å²) in [6, 6.07) is 7.80. The lowest BCUT2D eigenvalue weighted by Crippen LogP contribution is -2.47. The van der Waals surface area contributed by atoms with Gasteiger partial charge in [-0.2, -0.15) is 0 Å². The molecule has 1 aromatic rings. The molecule has 4 heteroatoms. The predicted molar refractivity (Wildman–Crippen MR) is 88.7 cm³/mol. The Morgan fingerprint density at radius 1 is 1.33 bits per heavy atom. The maximum atomic E-state index is 12.3. The van der Waals surface area contributed by atoms with Gasteiger partial charge in [-0.25, -0.2) is 0 Å². The molecule has 4 nitrogen and oxygen atoms in total. The van der Waals surface area contributed by atoms with Crippen molar-refractivity contribution >= 4 is 17.3 Å². The van der Waals surface area contributed by atoms with E-state index in [1.807, 2.05) is 24.3 Å². The largest absolute Gasteiger partial charge is 0.381 e. The van der Waals surface area contributed by atoms with Crippen LogP contribution < -0.4 is 16.0 Å². The van der Waals surface area contributed by atoms with Gasteiger partial charge in [0.25, 0.3) is 0 Å². The Morgan fingerprint density at radius 3 is 2.81 bits per heavy atom. The number of hydrogen-bond donors (Lipinski definition) is 3. The molecule has 2 atom stereocenters. The Hall–Kier alpha value is -1.71. The number of unbranched alkanes of at least 4 members (excludes halogenated alkanes) is 1. The summed E-state index contributed by atoms with van der Waals surface area (Å²) in [7, 11) is 0. The fourth-order valence-electron chi connectivity index (χ4n) is 2.68. The molecular formula is C17H27N3O. The van der Waals surface area contributed by atoms with Gasteiger partial charge in [0.15, 0.2) is 0 Å². The van der Waals surface area contributed by atoms with Crippen molar-refractivity contribution in [3.63, 3.8) is 0 Å². The predicted octanol–water partition coefficient (Wildman–Crippen LogP) is 3.23. The summed E-state index contributed by atoms with van der Waals surface area (Å²) in [5.74, 6) is 0.685. The van der Waals surface area contributed by atoms with Crippen LogP contribution in [0.3, 0.4) is 0 Å². The maximum Gasteiger partial charge on any atom is 0.244 e. The number of nitrogens with one attached hydrogen (secondary N) is 3. The van der Waals surface area contributed by atoms with E-state index in [1.54, 1.807) is 0 Å². The van der Waals surface area contributed by atoms with Gasteiger partial charge in [0.1, 0.15) is 6.04 Å². The summed E-state index contributed by atoms with van der Waals surface area (Å²) in [5, 5.41) is 9.71. The zero-order valence-electron chi connectivity index (χ0n) is 13.1. The second-order valence-electron chi connectivity index (χ2n) is 5.79. The van der Waals surface area contributed by atoms with Gasteiger partial charge >= 0.3 is 0 Å². The summed E-state index contributed by atoms with van der Waals surface area (Å²) < 4.78 is 0. The van der Waals surface area contributed by atoms with E-state index >= 15 is 0 Å². The third-order valence-electron chi connectivity index (χ3n) is 4.18. The van der Waals surface area contributed by atoms with E-state index in [0.29, 0.717) is 12.5 Å². The first-order chi connectivity index (χ1) is 10.2. The Labute approximate surface area is 127 Å². The van der Waals surface area contributed by atoms with Gasteiger partial charge in [0.05, 0.1) is 11.4 Å². The number of hydrogen-bond acceptors (Lipinski definition) is 3. The van der Waals surface area contributed by atoms with Crippen LogP contribution in [0.15, 0.2) is 24.3 Å². The smallest absolute Gasteiger partial charge is 0.244 e.